The lowest BCUT2D eigenvalue weighted by atomic mass is 10.2. The van der Waals surface area contributed by atoms with Crippen molar-refractivity contribution in [3.8, 4) is 0 Å². The molecule has 0 aliphatic carbocycles. The van der Waals surface area contributed by atoms with Gasteiger partial charge in [0.2, 0.25) is 0 Å². The number of rotatable bonds is 5. The number of carboxylic acid groups (broad SMARTS) is 1. The third kappa shape index (κ3) is 2.70. The van der Waals surface area contributed by atoms with Crippen LogP contribution >= 0.6 is 11.3 Å². The molecule has 0 aromatic carbocycles. The van der Waals surface area contributed by atoms with Gasteiger partial charge in [-0.1, -0.05) is 24.7 Å². The molecule has 0 saturated carbocycles. The molecule has 0 aliphatic rings. The minimum absolute atomic E-state index is 0.00730. The Kier molecular flexibility index (Phi) is 3.88. The van der Waals surface area contributed by atoms with Crippen molar-refractivity contribution < 1.29 is 9.90 Å². The zero-order valence-corrected chi connectivity index (χ0v) is 8.84. The molecule has 1 aromatic rings. The van der Waals surface area contributed by atoms with Gasteiger partial charge in [-0.15, -0.1) is 0 Å². The van der Waals surface area contributed by atoms with Gasteiger partial charge in [-0.05, 0) is 6.42 Å². The first kappa shape index (κ1) is 11.0. The molecule has 14 heavy (non-hydrogen) atoms. The third-order valence-electron chi connectivity index (χ3n) is 1.92. The Morgan fingerprint density at radius 3 is 2.93 bits per heavy atom. The predicted octanol–water partition coefficient (Wildman–Crippen LogP) is 1.34. The van der Waals surface area contributed by atoms with E-state index in [-0.39, 0.29) is 17.8 Å². The molecule has 0 radical (unpaired) electrons. The van der Waals surface area contributed by atoms with Crippen LogP contribution < -0.4 is 4.87 Å². The zero-order chi connectivity index (χ0) is 10.6. The number of thiazole rings is 1. The van der Waals surface area contributed by atoms with Crippen LogP contribution in [0.5, 0.6) is 0 Å². The van der Waals surface area contributed by atoms with Crippen LogP contribution in [0.4, 0.5) is 0 Å². The summed E-state index contributed by atoms with van der Waals surface area (Å²) in [6.45, 7) is 2.32. The maximum absolute atomic E-state index is 11.3. The maximum atomic E-state index is 11.3. The normalized spacial score (nSPS) is 10.4. The number of aliphatic carboxylic acids is 1. The number of aromatic nitrogens is 1. The number of carbonyl (C=O) groups is 1. The first-order chi connectivity index (χ1) is 6.65. The molecule has 1 N–H and O–H groups in total. The van der Waals surface area contributed by atoms with E-state index in [0.717, 1.165) is 29.9 Å². The fourth-order valence-corrected chi connectivity index (χ4v) is 2.07. The van der Waals surface area contributed by atoms with Gasteiger partial charge in [0.15, 0.2) is 0 Å². The molecule has 5 heteroatoms. The van der Waals surface area contributed by atoms with Gasteiger partial charge in [0.1, 0.15) is 0 Å². The summed E-state index contributed by atoms with van der Waals surface area (Å²) < 4.78 is 1.56. The largest absolute Gasteiger partial charge is 0.481 e. The van der Waals surface area contributed by atoms with Gasteiger partial charge in [-0.3, -0.25) is 9.59 Å². The molecule has 0 amide bonds. The van der Waals surface area contributed by atoms with E-state index in [9.17, 15) is 9.59 Å². The minimum Gasteiger partial charge on any atom is -0.481 e. The monoisotopic (exact) mass is 215 g/mol. The minimum atomic E-state index is -0.870. The van der Waals surface area contributed by atoms with Crippen molar-refractivity contribution in [3.63, 3.8) is 0 Å². The molecule has 0 saturated heterocycles. The molecule has 0 aliphatic heterocycles. The van der Waals surface area contributed by atoms with Gasteiger partial charge >= 0.3 is 10.8 Å². The molecule has 1 rings (SSSR count). The average molecular weight is 215 g/mol. The summed E-state index contributed by atoms with van der Waals surface area (Å²) in [4.78, 5) is 21.6. The summed E-state index contributed by atoms with van der Waals surface area (Å²) in [5, 5.41) is 10.3. The van der Waals surface area contributed by atoms with Crippen LogP contribution in [0.2, 0.25) is 0 Å². The molecular weight excluding hydrogens is 202 g/mol. The molecule has 0 fully saturated rings. The zero-order valence-electron chi connectivity index (χ0n) is 8.02. The van der Waals surface area contributed by atoms with E-state index in [0.29, 0.717) is 0 Å². The highest BCUT2D eigenvalue weighted by molar-refractivity contribution is 7.07. The SMILES string of the molecule is CCCc1csc(=O)n1CCC(=O)O. The summed E-state index contributed by atoms with van der Waals surface area (Å²) >= 11 is 1.14. The number of hydrogen-bond donors (Lipinski definition) is 1. The van der Waals surface area contributed by atoms with E-state index in [2.05, 4.69) is 0 Å². The van der Waals surface area contributed by atoms with Crippen LogP contribution in [-0.4, -0.2) is 15.6 Å². The fourth-order valence-electron chi connectivity index (χ4n) is 1.26. The second-order valence-corrected chi connectivity index (χ2v) is 3.86. The average Bonchev–Trinajstić information content (AvgIpc) is 2.45. The molecule has 4 nitrogen and oxygen atoms in total. The Bertz CT molecular complexity index is 366. The van der Waals surface area contributed by atoms with E-state index in [1.807, 2.05) is 12.3 Å². The Morgan fingerprint density at radius 2 is 2.36 bits per heavy atom. The summed E-state index contributed by atoms with van der Waals surface area (Å²) in [6.07, 6.45) is 1.80. The Balaban J connectivity index is 2.77. The molecular formula is C9H13NO3S. The van der Waals surface area contributed by atoms with Crippen molar-refractivity contribution in [1.82, 2.24) is 4.57 Å². The molecule has 0 atom stereocenters. The van der Waals surface area contributed by atoms with E-state index in [1.165, 1.54) is 0 Å². The topological polar surface area (TPSA) is 59.3 Å². The van der Waals surface area contributed by atoms with Gasteiger partial charge in [0.25, 0.3) is 0 Å². The first-order valence-corrected chi connectivity index (χ1v) is 5.42. The van der Waals surface area contributed by atoms with E-state index in [4.69, 9.17) is 5.11 Å². The summed E-state index contributed by atoms with van der Waals surface area (Å²) in [7, 11) is 0. The Hall–Kier alpha value is -1.10. The highest BCUT2D eigenvalue weighted by Crippen LogP contribution is 2.05. The van der Waals surface area contributed by atoms with Gasteiger partial charge in [0, 0.05) is 17.6 Å². The molecule has 0 unspecified atom stereocenters. The lowest BCUT2D eigenvalue weighted by Gasteiger charge is -2.03. The van der Waals surface area contributed by atoms with Crippen molar-refractivity contribution in [3.05, 3.63) is 20.7 Å². The molecule has 0 bridgehead atoms. The lowest BCUT2D eigenvalue weighted by Crippen LogP contribution is -2.18. The van der Waals surface area contributed by atoms with Crippen LogP contribution in [0.3, 0.4) is 0 Å². The van der Waals surface area contributed by atoms with Gasteiger partial charge in [-0.2, -0.15) is 0 Å². The highest BCUT2D eigenvalue weighted by Gasteiger charge is 2.07. The van der Waals surface area contributed by atoms with Crippen LogP contribution in [0, 0.1) is 0 Å². The van der Waals surface area contributed by atoms with Crippen LogP contribution in [-0.2, 0) is 17.8 Å². The second kappa shape index (κ2) is 4.95. The molecule has 1 heterocycles. The van der Waals surface area contributed by atoms with Gasteiger partial charge in [0.05, 0.1) is 6.42 Å². The predicted molar refractivity (Wildman–Crippen MR) is 54.8 cm³/mol. The molecule has 78 valence electrons. The maximum Gasteiger partial charge on any atom is 0.307 e. The molecule has 0 spiro atoms. The quantitative estimate of drug-likeness (QED) is 0.806. The van der Waals surface area contributed by atoms with E-state index in [1.54, 1.807) is 4.57 Å². The van der Waals surface area contributed by atoms with Gasteiger partial charge in [-0.25, -0.2) is 0 Å². The van der Waals surface area contributed by atoms with Crippen molar-refractivity contribution >= 4 is 17.3 Å². The Labute approximate surface area is 85.8 Å². The first-order valence-electron chi connectivity index (χ1n) is 4.54. The summed E-state index contributed by atoms with van der Waals surface area (Å²) in [6, 6.07) is 0. The molecule has 1 aromatic heterocycles. The van der Waals surface area contributed by atoms with Crippen molar-refractivity contribution in [2.75, 3.05) is 0 Å². The summed E-state index contributed by atoms with van der Waals surface area (Å²) in [5.41, 5.74) is 0.948. The van der Waals surface area contributed by atoms with Gasteiger partial charge < -0.3 is 9.67 Å². The number of carboxylic acids is 1. The van der Waals surface area contributed by atoms with Crippen molar-refractivity contribution in [1.29, 1.82) is 0 Å². The number of aryl methyl sites for hydroxylation is 1. The van der Waals surface area contributed by atoms with Crippen LogP contribution in [0.1, 0.15) is 25.5 Å². The van der Waals surface area contributed by atoms with Crippen LogP contribution in [0.25, 0.3) is 0 Å². The Morgan fingerprint density at radius 1 is 1.64 bits per heavy atom. The smallest absolute Gasteiger partial charge is 0.307 e. The van der Waals surface area contributed by atoms with E-state index >= 15 is 0 Å². The number of nitrogens with zero attached hydrogens (tertiary/aromatic N) is 1. The number of hydrogen-bond acceptors (Lipinski definition) is 3. The second-order valence-electron chi connectivity index (χ2n) is 3.04. The summed E-state index contributed by atoms with van der Waals surface area (Å²) in [5.74, 6) is -0.870. The van der Waals surface area contributed by atoms with Crippen LogP contribution in [0.15, 0.2) is 10.2 Å². The highest BCUT2D eigenvalue weighted by atomic mass is 32.1. The van der Waals surface area contributed by atoms with E-state index < -0.39 is 5.97 Å². The van der Waals surface area contributed by atoms with Crippen molar-refractivity contribution in [2.24, 2.45) is 0 Å². The van der Waals surface area contributed by atoms with Crippen molar-refractivity contribution in [2.45, 2.75) is 32.7 Å². The lowest BCUT2D eigenvalue weighted by molar-refractivity contribution is -0.137. The third-order valence-corrected chi connectivity index (χ3v) is 2.73. The fraction of sp³-hybridized carbons (Fsp3) is 0.556. The standard InChI is InChI=1S/C9H13NO3S/c1-2-3-7-6-14-9(13)10(7)5-4-8(11)12/h6H,2-5H2,1H3,(H,11,12).